The summed E-state index contributed by atoms with van der Waals surface area (Å²) < 4.78 is 0. The monoisotopic (exact) mass is 1750 g/mol. The maximum Gasteiger partial charge on any atom is 0.164 e. The second-order valence-electron chi connectivity index (χ2n) is 33.9. The molecule has 0 radical (unpaired) electrons. The molecule has 0 amide bonds. The maximum atomic E-state index is 5.06. The highest BCUT2D eigenvalue weighted by molar-refractivity contribution is 6.05. The van der Waals surface area contributed by atoms with Crippen molar-refractivity contribution in [2.45, 2.75) is 41.5 Å². The van der Waals surface area contributed by atoms with Crippen LogP contribution in [0.1, 0.15) is 33.6 Å². The van der Waals surface area contributed by atoms with Crippen LogP contribution in [0.15, 0.2) is 443 Å². The van der Waals surface area contributed by atoms with Crippen LogP contribution >= 0.6 is 0 Å². The fourth-order valence-electron chi connectivity index (χ4n) is 17.0. The van der Waals surface area contributed by atoms with Crippen molar-refractivity contribution >= 4 is 10.8 Å². The van der Waals surface area contributed by atoms with Gasteiger partial charge >= 0.3 is 0 Å². The van der Waals surface area contributed by atoms with E-state index in [4.69, 9.17) is 39.9 Å². The number of aromatic nitrogens is 13. The minimum Gasteiger partial charge on any atom is -0.256 e. The van der Waals surface area contributed by atoms with Gasteiger partial charge < -0.3 is 0 Å². The van der Waals surface area contributed by atoms with E-state index in [0.717, 1.165) is 157 Å². The van der Waals surface area contributed by atoms with Gasteiger partial charge in [-0.1, -0.05) is 386 Å². The summed E-state index contributed by atoms with van der Waals surface area (Å²) >= 11 is 0. The first-order valence-electron chi connectivity index (χ1n) is 45.4. The van der Waals surface area contributed by atoms with Crippen LogP contribution in [0.2, 0.25) is 0 Å². The molecule has 0 aliphatic rings. The Kier molecular flexibility index (Phi) is 25.0. The molecule has 13 nitrogen and oxygen atoms in total. The average Bonchev–Trinajstić information content (AvgIpc) is 0.758. The van der Waals surface area contributed by atoms with Crippen molar-refractivity contribution in [3.63, 3.8) is 0 Å². The van der Waals surface area contributed by atoms with Crippen molar-refractivity contribution < 1.29 is 0 Å². The van der Waals surface area contributed by atoms with Crippen LogP contribution in [0.5, 0.6) is 0 Å². The Morgan fingerprint density at radius 2 is 0.397 bits per heavy atom. The predicted octanol–water partition coefficient (Wildman–Crippen LogP) is 30.2. The molecule has 0 bridgehead atoms. The summed E-state index contributed by atoms with van der Waals surface area (Å²) in [6.07, 6.45) is 5.45. The van der Waals surface area contributed by atoms with Crippen molar-refractivity contribution in [2.24, 2.45) is 0 Å². The molecule has 0 fully saturated rings. The quantitative estimate of drug-likeness (QED) is 0.0797. The van der Waals surface area contributed by atoms with Gasteiger partial charge in [0.1, 0.15) is 0 Å². The molecule has 13 heteroatoms. The van der Waals surface area contributed by atoms with Gasteiger partial charge in [-0.05, 0) is 169 Å². The van der Waals surface area contributed by atoms with Crippen LogP contribution in [-0.2, 0) is 0 Å². The molecule has 22 rings (SSSR count). The van der Waals surface area contributed by atoms with Gasteiger partial charge in [0.2, 0.25) is 0 Å². The third-order valence-corrected chi connectivity index (χ3v) is 24.0. The van der Waals surface area contributed by atoms with Crippen molar-refractivity contribution in [1.29, 1.82) is 0 Å². The Hall–Kier alpha value is -17.8. The van der Waals surface area contributed by atoms with Crippen LogP contribution < -0.4 is 0 Å². The summed E-state index contributed by atoms with van der Waals surface area (Å²) in [5, 5.41) is 2.49. The minimum absolute atomic E-state index is 0.585. The zero-order valence-electron chi connectivity index (χ0n) is 76.0. The average molecular weight is 1750 g/mol. The summed E-state index contributed by atoms with van der Waals surface area (Å²) in [6.45, 7) is 12.5. The van der Waals surface area contributed by atoms with Gasteiger partial charge in [0, 0.05) is 102 Å². The lowest BCUT2D eigenvalue weighted by atomic mass is 9.90. The second kappa shape index (κ2) is 39.5. The molecular weight excluding hydrogens is 1660 g/mol. The van der Waals surface area contributed by atoms with E-state index in [-0.39, 0.29) is 0 Å². The smallest absolute Gasteiger partial charge is 0.164 e. The molecule has 15 aromatic carbocycles. The van der Waals surface area contributed by atoms with Crippen molar-refractivity contribution in [1.82, 2.24) is 64.8 Å². The Bertz CT molecular complexity index is 7670. The molecule has 0 atom stereocenters. The van der Waals surface area contributed by atoms with Crippen molar-refractivity contribution in [3.05, 3.63) is 477 Å². The summed E-state index contributed by atoms with van der Waals surface area (Å²) in [5.74, 6) is 5.17. The van der Waals surface area contributed by atoms with E-state index in [1.807, 2.05) is 154 Å². The summed E-state index contributed by atoms with van der Waals surface area (Å²) in [7, 11) is 0. The van der Waals surface area contributed by atoms with Gasteiger partial charge in [0.05, 0.1) is 28.5 Å². The molecule has 0 unspecified atom stereocenters. The van der Waals surface area contributed by atoms with Gasteiger partial charge in [-0.3, -0.25) is 15.0 Å². The Balaban J connectivity index is 0.000000129. The van der Waals surface area contributed by atoms with Crippen LogP contribution in [0.3, 0.4) is 0 Å². The molecule has 0 saturated carbocycles. The summed E-state index contributed by atoms with van der Waals surface area (Å²) in [4.78, 5) is 62.4. The van der Waals surface area contributed by atoms with Crippen LogP contribution in [0.25, 0.3) is 214 Å². The number of benzene rings is 15. The van der Waals surface area contributed by atoms with Crippen LogP contribution in [0.4, 0.5) is 0 Å². The van der Waals surface area contributed by atoms with E-state index < -0.39 is 0 Å². The van der Waals surface area contributed by atoms with Crippen LogP contribution in [-0.4, -0.2) is 64.8 Å². The van der Waals surface area contributed by atoms with E-state index in [2.05, 4.69) is 356 Å². The first-order valence-corrected chi connectivity index (χ1v) is 45.4. The third-order valence-electron chi connectivity index (χ3n) is 24.0. The first-order chi connectivity index (χ1) is 66.8. The first kappa shape index (κ1) is 86.2. The van der Waals surface area contributed by atoms with Gasteiger partial charge in [0.15, 0.2) is 46.6 Å². The zero-order chi connectivity index (χ0) is 92.2. The van der Waals surface area contributed by atoms with Gasteiger partial charge in [-0.2, -0.15) is 0 Å². The van der Waals surface area contributed by atoms with E-state index >= 15 is 0 Å². The van der Waals surface area contributed by atoms with E-state index in [1.54, 1.807) is 0 Å². The van der Waals surface area contributed by atoms with E-state index in [1.165, 1.54) is 49.7 Å². The molecule has 0 aliphatic heterocycles. The van der Waals surface area contributed by atoms with E-state index in [0.29, 0.717) is 40.8 Å². The topological polar surface area (TPSA) is 168 Å². The summed E-state index contributed by atoms with van der Waals surface area (Å²) in [5.41, 5.74) is 35.9. The van der Waals surface area contributed by atoms with Crippen molar-refractivity contribution in [3.8, 4) is 203 Å². The highest BCUT2D eigenvalue weighted by Crippen LogP contribution is 2.41. The molecule has 0 saturated heterocycles. The molecule has 7 heterocycles. The number of fused-ring (bicyclic) bond motifs is 1. The highest BCUT2D eigenvalue weighted by Gasteiger charge is 2.20. The Morgan fingerprint density at radius 3 is 0.787 bits per heavy atom. The molecular formula is C123H91N13. The number of hydrogen-bond donors (Lipinski definition) is 0. The molecule has 0 N–H and O–H groups in total. The SMILES string of the molecule is Cc1cc(C)cc(-c2ccc(-c3cccc(-c4cc(-c5ccccc5)nc(-c5ccccc5)n4)c3)c3ccccc23)c1.Cc1cc(C)nc(-c2ccc(-c3nc(-c4ccc(-c5ccc(-c6ccccn6)cc5)cc4)nc(-c4ccc(-c5ccc(-c6ccccn6)cc5)cc4)n3)cc2)n1.Cc1ccc(-c2nc(-c3ccc(C)cc3)nc(-c3cccc(-c4ccc(-c5ccccn5)cc4)c3)n2)cc1. The largest absolute Gasteiger partial charge is 0.256 e. The Morgan fingerprint density at radius 1 is 0.132 bits per heavy atom. The standard InChI is InChI=1S/C49H35N7.C40H30N2.C34H26N4/c1-32-31-33(2)53-46(52-32)40-25-27-43(28-26-40)49-55-47(41-21-13-36(14-22-41)34-9-17-38(18-10-34)44-7-3-5-29-50-44)54-48(56-49)42-23-15-37(16-24-42)35-11-19-39(20-12-35)45-8-4-6-30-51-45;1-27-22-28(2)24-33(23-27)35-21-20-34(36-18-9-10-19-37(35)36)31-16-11-17-32(25-31)39-26-38(29-12-5-3-6-13-29)41-40(42-39)30-14-7-4-8-15-30;1-23-9-13-27(14-10-23)32-36-33(28-15-11-24(2)12-16-28)38-34(37-32)30-7-5-6-29(22-30)25-17-19-26(20-18-25)31-8-3-4-21-35-31/h3-31H,1-2H3;3-26H,1-2H3;3-22H,1-2H3. The number of hydrogen-bond acceptors (Lipinski definition) is 13. The van der Waals surface area contributed by atoms with Crippen molar-refractivity contribution in [2.75, 3.05) is 0 Å². The van der Waals surface area contributed by atoms with E-state index in [9.17, 15) is 0 Å². The highest BCUT2D eigenvalue weighted by atomic mass is 15.0. The molecule has 7 aromatic heterocycles. The molecule has 0 aliphatic carbocycles. The predicted molar refractivity (Wildman–Crippen MR) is 554 cm³/mol. The lowest BCUT2D eigenvalue weighted by Gasteiger charge is -2.14. The third kappa shape index (κ3) is 19.9. The normalized spacial score (nSPS) is 11.0. The lowest BCUT2D eigenvalue weighted by molar-refractivity contribution is 1.06. The fraction of sp³-hybridized carbons (Fsp3) is 0.0488. The fourth-order valence-corrected chi connectivity index (χ4v) is 17.0. The molecule has 0 spiro atoms. The number of pyridine rings is 3. The minimum atomic E-state index is 0.585. The second-order valence-corrected chi connectivity index (χ2v) is 33.9. The number of nitrogens with zero attached hydrogens (tertiary/aromatic N) is 13. The maximum absolute atomic E-state index is 5.06. The van der Waals surface area contributed by atoms with Gasteiger partial charge in [-0.25, -0.2) is 49.8 Å². The Labute approximate surface area is 791 Å². The number of aryl methyl sites for hydroxylation is 6. The van der Waals surface area contributed by atoms with Crippen LogP contribution in [0, 0.1) is 41.5 Å². The molecule has 648 valence electrons. The molecule has 136 heavy (non-hydrogen) atoms. The lowest BCUT2D eigenvalue weighted by Crippen LogP contribution is -2.00. The summed E-state index contributed by atoms with van der Waals surface area (Å²) in [6, 6.07) is 146. The molecule has 22 aromatic rings. The number of rotatable bonds is 18. The van der Waals surface area contributed by atoms with Gasteiger partial charge in [-0.15, -0.1) is 0 Å². The van der Waals surface area contributed by atoms with Gasteiger partial charge in [0.25, 0.3) is 0 Å². The zero-order valence-corrected chi connectivity index (χ0v) is 76.0.